The molecule has 0 saturated carbocycles. The number of carbonyl (C=O) groups is 1. The molecule has 1 atom stereocenters. The number of halogens is 3. The summed E-state index contributed by atoms with van der Waals surface area (Å²) in [5.74, 6) is 0.00130. The molecule has 1 aromatic carbocycles. The van der Waals surface area contributed by atoms with E-state index in [0.717, 1.165) is 6.07 Å². The molecule has 0 aliphatic rings. The molecule has 5 heteroatoms. The second-order valence-corrected chi connectivity index (χ2v) is 5.27. The third-order valence-corrected chi connectivity index (χ3v) is 3.72. The van der Waals surface area contributed by atoms with E-state index in [9.17, 15) is 9.18 Å². The second kappa shape index (κ2) is 5.35. The van der Waals surface area contributed by atoms with Gasteiger partial charge in [-0.05, 0) is 42.8 Å². The Morgan fingerprint density at radius 1 is 1.42 bits per heavy atom. The van der Waals surface area contributed by atoms with Crippen LogP contribution in [0.1, 0.15) is 18.2 Å². The molecule has 1 unspecified atom stereocenters. The first-order valence-corrected chi connectivity index (χ1v) is 6.37. The maximum atomic E-state index is 14.0. The second-order valence-electron chi connectivity index (χ2n) is 4.49. The zero-order chi connectivity index (χ0) is 14.0. The fourth-order valence-electron chi connectivity index (χ4n) is 1.97. The van der Waals surface area contributed by atoms with Crippen LogP contribution < -0.4 is 0 Å². The van der Waals surface area contributed by atoms with E-state index in [2.05, 4.69) is 0 Å². The van der Waals surface area contributed by atoms with Gasteiger partial charge in [0.1, 0.15) is 11.6 Å². The fraction of sp³-hybridized carbons (Fsp3) is 0.214. The molecule has 0 spiro atoms. The summed E-state index contributed by atoms with van der Waals surface area (Å²) >= 11 is 11.4. The first-order chi connectivity index (χ1) is 8.93. The Hall–Kier alpha value is -1.32. The van der Waals surface area contributed by atoms with E-state index in [1.807, 2.05) is 0 Å². The first kappa shape index (κ1) is 14.1. The Balaban J connectivity index is 2.47. The van der Waals surface area contributed by atoms with Crippen LogP contribution in [-0.4, -0.2) is 5.24 Å². The number of hydrogen-bond acceptors (Lipinski definition) is 2. The Morgan fingerprint density at radius 2 is 2.16 bits per heavy atom. The molecular formula is C14H11Cl2FO2. The van der Waals surface area contributed by atoms with Crippen molar-refractivity contribution in [2.45, 2.75) is 18.8 Å². The monoisotopic (exact) mass is 300 g/mol. The Bertz CT molecular complexity index is 595. The summed E-state index contributed by atoms with van der Waals surface area (Å²) in [6, 6.07) is 7.58. The van der Waals surface area contributed by atoms with Gasteiger partial charge in [0.2, 0.25) is 5.24 Å². The van der Waals surface area contributed by atoms with Gasteiger partial charge in [-0.25, -0.2) is 4.39 Å². The van der Waals surface area contributed by atoms with Crippen molar-refractivity contribution in [1.82, 2.24) is 0 Å². The third kappa shape index (κ3) is 2.82. The molecule has 0 N–H and O–H groups in total. The van der Waals surface area contributed by atoms with Crippen LogP contribution in [0.25, 0.3) is 0 Å². The van der Waals surface area contributed by atoms with Crippen molar-refractivity contribution in [3.8, 4) is 0 Å². The molecule has 0 amide bonds. The number of hydrogen-bond donors (Lipinski definition) is 0. The van der Waals surface area contributed by atoms with E-state index in [1.165, 1.54) is 18.4 Å². The summed E-state index contributed by atoms with van der Waals surface area (Å²) < 4.78 is 19.2. The van der Waals surface area contributed by atoms with Crippen LogP contribution in [0.15, 0.2) is 41.0 Å². The molecule has 2 nitrogen and oxygen atoms in total. The van der Waals surface area contributed by atoms with Crippen LogP contribution in [0.2, 0.25) is 5.02 Å². The van der Waals surface area contributed by atoms with E-state index in [1.54, 1.807) is 19.1 Å². The highest BCUT2D eigenvalue weighted by Gasteiger charge is 2.37. The van der Waals surface area contributed by atoms with Crippen molar-refractivity contribution in [2.24, 2.45) is 0 Å². The molecule has 0 fully saturated rings. The van der Waals surface area contributed by atoms with Crippen LogP contribution in [0.3, 0.4) is 0 Å². The molecule has 0 saturated heterocycles. The average molecular weight is 301 g/mol. The predicted molar refractivity (Wildman–Crippen MR) is 72.0 cm³/mol. The molecule has 2 aromatic rings. The van der Waals surface area contributed by atoms with Gasteiger partial charge < -0.3 is 4.42 Å². The standard InChI is InChI=1S/C14H11Cl2FO2/c1-14(13(16)18,8-10-3-2-6-19-10)11-5-4-9(15)7-12(11)17/h2-7H,8H2,1H3. The van der Waals surface area contributed by atoms with E-state index in [0.29, 0.717) is 5.76 Å². The number of carbonyl (C=O) groups excluding carboxylic acids is 1. The Kier molecular flexibility index (Phi) is 3.97. The zero-order valence-electron chi connectivity index (χ0n) is 10.1. The van der Waals surface area contributed by atoms with Crippen molar-refractivity contribution >= 4 is 28.4 Å². The lowest BCUT2D eigenvalue weighted by Gasteiger charge is -2.25. The fourth-order valence-corrected chi connectivity index (χ4v) is 2.30. The van der Waals surface area contributed by atoms with Gasteiger partial charge in [0, 0.05) is 17.0 Å². The van der Waals surface area contributed by atoms with Crippen molar-refractivity contribution in [2.75, 3.05) is 0 Å². The van der Waals surface area contributed by atoms with Gasteiger partial charge in [-0.2, -0.15) is 0 Å². The summed E-state index contributed by atoms with van der Waals surface area (Å²) in [6.07, 6.45) is 1.67. The van der Waals surface area contributed by atoms with Crippen LogP contribution >= 0.6 is 23.2 Å². The molecule has 100 valence electrons. The van der Waals surface area contributed by atoms with Crippen LogP contribution in [0, 0.1) is 5.82 Å². The molecule has 0 bridgehead atoms. The van der Waals surface area contributed by atoms with Gasteiger partial charge in [-0.15, -0.1) is 0 Å². The van der Waals surface area contributed by atoms with Gasteiger partial charge in [0.05, 0.1) is 11.7 Å². The lowest BCUT2D eigenvalue weighted by atomic mass is 9.79. The molecule has 0 aliphatic carbocycles. The topological polar surface area (TPSA) is 30.2 Å². The normalized spacial score (nSPS) is 14.1. The van der Waals surface area contributed by atoms with E-state index < -0.39 is 16.5 Å². The van der Waals surface area contributed by atoms with Gasteiger partial charge >= 0.3 is 0 Å². The molecule has 2 rings (SSSR count). The highest BCUT2D eigenvalue weighted by Crippen LogP contribution is 2.33. The van der Waals surface area contributed by atoms with Crippen molar-refractivity contribution in [3.05, 3.63) is 58.8 Å². The largest absolute Gasteiger partial charge is 0.469 e. The first-order valence-electron chi connectivity index (χ1n) is 5.61. The Morgan fingerprint density at radius 3 is 2.68 bits per heavy atom. The summed E-state index contributed by atoms with van der Waals surface area (Å²) in [7, 11) is 0. The minimum atomic E-state index is -1.20. The van der Waals surface area contributed by atoms with Crippen molar-refractivity contribution in [1.29, 1.82) is 0 Å². The smallest absolute Gasteiger partial charge is 0.232 e. The highest BCUT2D eigenvalue weighted by molar-refractivity contribution is 6.65. The summed E-state index contributed by atoms with van der Waals surface area (Å²) in [4.78, 5) is 11.8. The maximum Gasteiger partial charge on any atom is 0.232 e. The number of rotatable bonds is 4. The quantitative estimate of drug-likeness (QED) is 0.786. The molecule has 1 aromatic heterocycles. The molecule has 19 heavy (non-hydrogen) atoms. The minimum Gasteiger partial charge on any atom is -0.469 e. The van der Waals surface area contributed by atoms with Crippen LogP contribution in [0.5, 0.6) is 0 Å². The van der Waals surface area contributed by atoms with Crippen LogP contribution in [0.4, 0.5) is 4.39 Å². The lowest BCUT2D eigenvalue weighted by Crippen LogP contribution is -2.32. The highest BCUT2D eigenvalue weighted by atomic mass is 35.5. The Labute approximate surface area is 120 Å². The summed E-state index contributed by atoms with van der Waals surface area (Å²) in [5, 5.41) is -0.381. The molecular weight excluding hydrogens is 290 g/mol. The molecule has 0 aliphatic heterocycles. The number of furan rings is 1. The van der Waals surface area contributed by atoms with Gasteiger partial charge in [0.25, 0.3) is 0 Å². The van der Waals surface area contributed by atoms with E-state index in [-0.39, 0.29) is 17.0 Å². The van der Waals surface area contributed by atoms with Gasteiger partial charge in [-0.1, -0.05) is 17.7 Å². The maximum absolute atomic E-state index is 14.0. The zero-order valence-corrected chi connectivity index (χ0v) is 11.6. The molecule has 1 heterocycles. The SMILES string of the molecule is CC(Cc1ccco1)(C(=O)Cl)c1ccc(Cl)cc1F. The van der Waals surface area contributed by atoms with Crippen LogP contribution in [-0.2, 0) is 16.6 Å². The summed E-state index contributed by atoms with van der Waals surface area (Å²) in [6.45, 7) is 1.58. The van der Waals surface area contributed by atoms with E-state index >= 15 is 0 Å². The molecule has 0 radical (unpaired) electrons. The van der Waals surface area contributed by atoms with E-state index in [4.69, 9.17) is 27.6 Å². The van der Waals surface area contributed by atoms with Crippen molar-refractivity contribution < 1.29 is 13.6 Å². The summed E-state index contributed by atoms with van der Waals surface area (Å²) in [5.41, 5.74) is -0.998. The minimum absolute atomic E-state index is 0.181. The average Bonchev–Trinajstić information content (AvgIpc) is 2.81. The third-order valence-electron chi connectivity index (χ3n) is 3.07. The van der Waals surface area contributed by atoms with Crippen molar-refractivity contribution in [3.63, 3.8) is 0 Å². The van der Waals surface area contributed by atoms with Gasteiger partial charge in [-0.3, -0.25) is 4.79 Å². The predicted octanol–water partition coefficient (Wildman–Crippen LogP) is 4.34. The van der Waals surface area contributed by atoms with Gasteiger partial charge in [0.15, 0.2) is 0 Å². The lowest BCUT2D eigenvalue weighted by molar-refractivity contribution is -0.116. The number of benzene rings is 1.